The van der Waals surface area contributed by atoms with Crippen molar-refractivity contribution in [1.29, 1.82) is 0 Å². The van der Waals surface area contributed by atoms with Gasteiger partial charge in [-0.15, -0.1) is 0 Å². The van der Waals surface area contributed by atoms with Gasteiger partial charge in [-0.25, -0.2) is 28.7 Å². The molecule has 3 heterocycles. The molecule has 0 radical (unpaired) electrons. The number of aliphatic imine (C=N–C) groups is 1. The molecule has 0 aromatic carbocycles. The molecule has 3 rings (SSSR count). The number of allylic oxidation sites excluding steroid dienone is 1. The average Bonchev–Trinajstić information content (AvgIpc) is 2.80. The minimum atomic E-state index is -4.60. The summed E-state index contributed by atoms with van der Waals surface area (Å²) in [4.78, 5) is 33.7. The van der Waals surface area contributed by atoms with E-state index in [-0.39, 0.29) is 29.6 Å². The molecule has 1 aliphatic heterocycles. The van der Waals surface area contributed by atoms with E-state index in [0.29, 0.717) is 12.4 Å². The molecular formula is C22H25F5N8O. The number of piperidine rings is 1. The number of nitrogens with zero attached hydrogens (tertiary/aromatic N) is 6. The largest absolute Gasteiger partial charge is 0.419 e. The Kier molecular flexibility index (Phi) is 7.84. The third kappa shape index (κ3) is 6.29. The van der Waals surface area contributed by atoms with Crippen LogP contribution in [0.4, 0.5) is 27.9 Å². The number of likely N-dealkylation sites (tertiary alicyclic amines) is 1. The lowest BCUT2D eigenvalue weighted by molar-refractivity contribution is -0.148. The number of aromatic nitrogens is 4. The first-order valence-electron chi connectivity index (χ1n) is 10.8. The van der Waals surface area contributed by atoms with Crippen LogP contribution in [-0.4, -0.2) is 69.1 Å². The number of rotatable bonds is 6. The van der Waals surface area contributed by atoms with Gasteiger partial charge in [-0.05, 0) is 18.4 Å². The van der Waals surface area contributed by atoms with Crippen molar-refractivity contribution in [3.8, 4) is 0 Å². The van der Waals surface area contributed by atoms with Crippen molar-refractivity contribution in [2.24, 2.45) is 16.6 Å². The van der Waals surface area contributed by atoms with Crippen molar-refractivity contribution < 1.29 is 26.7 Å². The number of carbonyl (C=O) groups excluding carboxylic acids is 1. The highest BCUT2D eigenvalue weighted by atomic mass is 19.4. The van der Waals surface area contributed by atoms with E-state index in [1.807, 2.05) is 0 Å². The molecule has 194 valence electrons. The monoisotopic (exact) mass is 512 g/mol. The van der Waals surface area contributed by atoms with Crippen LogP contribution in [0.25, 0.3) is 5.57 Å². The lowest BCUT2D eigenvalue weighted by Crippen LogP contribution is -2.58. The number of carbonyl (C=O) groups is 1. The first kappa shape index (κ1) is 26.9. The number of hydrogen-bond acceptors (Lipinski definition) is 8. The Morgan fingerprint density at radius 3 is 2.39 bits per heavy atom. The average molecular weight is 512 g/mol. The standard InChI is InChI=1S/C22H25F5N8O/c1-12-5-30-18(31-6-12)15(9-29-3)17(28)19(36)35-11-21(23,24)4-13(2)16(35)10-34-20-32-7-14(8-33-20)22(25,26)27/h5-9,13,16H,4,10-11,28H2,1-3H3,(H,32,33,34). The van der Waals surface area contributed by atoms with Gasteiger partial charge in [-0.2, -0.15) is 13.2 Å². The molecule has 2 aromatic heterocycles. The number of halogens is 5. The fraction of sp³-hybridized carbons (Fsp3) is 0.455. The van der Waals surface area contributed by atoms with Crippen molar-refractivity contribution in [1.82, 2.24) is 24.8 Å². The second-order valence-electron chi connectivity index (χ2n) is 8.51. The molecular weight excluding hydrogens is 487 g/mol. The lowest BCUT2D eigenvalue weighted by Gasteiger charge is -2.43. The van der Waals surface area contributed by atoms with E-state index in [1.165, 1.54) is 25.7 Å². The Morgan fingerprint density at radius 2 is 1.83 bits per heavy atom. The van der Waals surface area contributed by atoms with Crippen LogP contribution in [0.3, 0.4) is 0 Å². The van der Waals surface area contributed by atoms with E-state index in [9.17, 15) is 26.7 Å². The summed E-state index contributed by atoms with van der Waals surface area (Å²) >= 11 is 0. The van der Waals surface area contributed by atoms with Crippen LogP contribution in [0.5, 0.6) is 0 Å². The first-order chi connectivity index (χ1) is 16.8. The molecule has 0 aliphatic carbocycles. The van der Waals surface area contributed by atoms with Crippen LogP contribution >= 0.6 is 0 Å². The van der Waals surface area contributed by atoms with Gasteiger partial charge in [-0.1, -0.05) is 6.92 Å². The Hall–Kier alpha value is -3.71. The zero-order valence-corrected chi connectivity index (χ0v) is 19.7. The highest BCUT2D eigenvalue weighted by Crippen LogP contribution is 2.35. The van der Waals surface area contributed by atoms with Gasteiger partial charge < -0.3 is 16.0 Å². The quantitative estimate of drug-likeness (QED) is 0.347. The Labute approximate surface area is 203 Å². The number of nitrogens with one attached hydrogen (secondary N) is 1. The van der Waals surface area contributed by atoms with Gasteiger partial charge in [0.05, 0.1) is 23.7 Å². The number of aryl methyl sites for hydroxylation is 1. The summed E-state index contributed by atoms with van der Waals surface area (Å²) in [5.41, 5.74) is 5.56. The van der Waals surface area contributed by atoms with Crippen LogP contribution in [-0.2, 0) is 11.0 Å². The number of hydrogen-bond donors (Lipinski definition) is 2. The summed E-state index contributed by atoms with van der Waals surface area (Å²) in [6.45, 7) is 2.32. The minimum Gasteiger partial charge on any atom is -0.394 e. The third-order valence-electron chi connectivity index (χ3n) is 5.59. The molecule has 3 N–H and O–H groups in total. The minimum absolute atomic E-state index is 0.0711. The fourth-order valence-corrected chi connectivity index (χ4v) is 3.82. The summed E-state index contributed by atoms with van der Waals surface area (Å²) in [6.07, 6.45) is 0.410. The maximum absolute atomic E-state index is 14.5. The highest BCUT2D eigenvalue weighted by molar-refractivity contribution is 6.17. The zero-order chi connectivity index (χ0) is 26.7. The normalized spacial score (nSPS) is 20.8. The fourth-order valence-electron chi connectivity index (χ4n) is 3.82. The summed E-state index contributed by atoms with van der Waals surface area (Å²) in [5, 5.41) is 2.73. The Bertz CT molecular complexity index is 1130. The maximum atomic E-state index is 14.5. The summed E-state index contributed by atoms with van der Waals surface area (Å²) in [7, 11) is 1.44. The molecule has 1 amide bonds. The van der Waals surface area contributed by atoms with Crippen molar-refractivity contribution in [3.05, 3.63) is 47.4 Å². The lowest BCUT2D eigenvalue weighted by atomic mass is 9.88. The smallest absolute Gasteiger partial charge is 0.394 e. The summed E-state index contributed by atoms with van der Waals surface area (Å²) in [6, 6.07) is -0.791. The molecule has 36 heavy (non-hydrogen) atoms. The Morgan fingerprint density at radius 1 is 1.22 bits per heavy atom. The molecule has 1 aliphatic rings. The number of nitrogens with two attached hydrogens (primary N) is 1. The van der Waals surface area contributed by atoms with Gasteiger partial charge in [0.2, 0.25) is 5.95 Å². The molecule has 2 aromatic rings. The molecule has 0 spiro atoms. The van der Waals surface area contributed by atoms with Crippen LogP contribution in [0.1, 0.15) is 30.3 Å². The maximum Gasteiger partial charge on any atom is 0.419 e. The zero-order valence-electron chi connectivity index (χ0n) is 19.7. The first-order valence-corrected chi connectivity index (χ1v) is 10.8. The van der Waals surface area contributed by atoms with Crippen molar-refractivity contribution in [2.75, 3.05) is 25.5 Å². The Balaban J connectivity index is 1.89. The van der Waals surface area contributed by atoms with Crippen molar-refractivity contribution in [2.45, 2.75) is 38.4 Å². The molecule has 9 nitrogen and oxygen atoms in total. The van der Waals surface area contributed by atoms with Crippen LogP contribution < -0.4 is 11.1 Å². The number of amides is 1. The molecule has 2 unspecified atom stereocenters. The van der Waals surface area contributed by atoms with Gasteiger partial charge in [-0.3, -0.25) is 9.79 Å². The van der Waals surface area contributed by atoms with E-state index in [4.69, 9.17) is 5.73 Å². The van der Waals surface area contributed by atoms with Crippen LogP contribution in [0.2, 0.25) is 0 Å². The SMILES string of the molecule is CN=CC(=C(N)C(=O)N1CC(F)(F)CC(C)C1CNc1ncc(C(F)(F)F)cn1)c1ncc(C)cn1. The van der Waals surface area contributed by atoms with Gasteiger partial charge in [0, 0.05) is 51.0 Å². The predicted molar refractivity (Wildman–Crippen MR) is 122 cm³/mol. The van der Waals surface area contributed by atoms with E-state index >= 15 is 0 Å². The number of anilines is 1. The van der Waals surface area contributed by atoms with Crippen molar-refractivity contribution in [3.63, 3.8) is 0 Å². The third-order valence-corrected chi connectivity index (χ3v) is 5.59. The molecule has 0 bridgehead atoms. The van der Waals surface area contributed by atoms with E-state index in [1.54, 1.807) is 13.8 Å². The highest BCUT2D eigenvalue weighted by Gasteiger charge is 2.46. The van der Waals surface area contributed by atoms with E-state index < -0.39 is 48.5 Å². The number of alkyl halides is 5. The van der Waals surface area contributed by atoms with Crippen LogP contribution in [0, 0.1) is 12.8 Å². The summed E-state index contributed by atoms with van der Waals surface area (Å²) < 4.78 is 67.2. The predicted octanol–water partition coefficient (Wildman–Crippen LogP) is 2.95. The van der Waals surface area contributed by atoms with E-state index in [2.05, 4.69) is 30.2 Å². The van der Waals surface area contributed by atoms with Gasteiger partial charge >= 0.3 is 6.18 Å². The van der Waals surface area contributed by atoms with Crippen LogP contribution in [0.15, 0.2) is 35.5 Å². The van der Waals surface area contributed by atoms with Gasteiger partial charge in [0.1, 0.15) is 5.70 Å². The van der Waals surface area contributed by atoms with Crippen molar-refractivity contribution >= 4 is 23.6 Å². The second-order valence-corrected chi connectivity index (χ2v) is 8.51. The second kappa shape index (κ2) is 10.5. The molecule has 14 heteroatoms. The van der Waals surface area contributed by atoms with Gasteiger partial charge in [0.15, 0.2) is 5.82 Å². The molecule has 1 fully saturated rings. The molecule has 0 saturated carbocycles. The molecule has 2 atom stereocenters. The summed E-state index contributed by atoms with van der Waals surface area (Å²) in [5.74, 6) is -4.78. The topological polar surface area (TPSA) is 122 Å². The van der Waals surface area contributed by atoms with E-state index in [0.717, 1.165) is 10.5 Å². The van der Waals surface area contributed by atoms with Gasteiger partial charge in [0.25, 0.3) is 11.8 Å². The molecule has 1 saturated heterocycles.